The van der Waals surface area contributed by atoms with Crippen LogP contribution in [0.2, 0.25) is 0 Å². The molecule has 0 aliphatic heterocycles. The van der Waals surface area contributed by atoms with E-state index < -0.39 is 5.97 Å². The van der Waals surface area contributed by atoms with Crippen molar-refractivity contribution >= 4 is 11.7 Å². The van der Waals surface area contributed by atoms with Gasteiger partial charge in [0.15, 0.2) is 5.57 Å². The Kier molecular flexibility index (Phi) is 6.42. The Hall–Kier alpha value is -2.74. The zero-order chi connectivity index (χ0) is 14.8. The average Bonchev–Trinajstić information content (AvgIpc) is 2.47. The van der Waals surface area contributed by atoms with Crippen LogP contribution in [0.5, 0.6) is 5.75 Å². The number of para-hydroxylation sites is 2. The molecule has 1 aromatic rings. The van der Waals surface area contributed by atoms with E-state index in [2.05, 4.69) is 11.9 Å². The number of nitrogens with zero attached hydrogens (tertiary/aromatic N) is 1. The third kappa shape index (κ3) is 4.50. The third-order valence-electron chi connectivity index (χ3n) is 2.23. The van der Waals surface area contributed by atoms with Crippen molar-refractivity contribution in [2.75, 3.05) is 18.5 Å². The molecule has 20 heavy (non-hydrogen) atoms. The molecule has 0 saturated carbocycles. The van der Waals surface area contributed by atoms with Gasteiger partial charge in [-0.05, 0) is 19.1 Å². The first-order chi connectivity index (χ1) is 9.72. The monoisotopic (exact) mass is 272 g/mol. The number of hydrogen-bond donors (Lipinski definition) is 1. The van der Waals surface area contributed by atoms with Gasteiger partial charge in [-0.25, -0.2) is 4.79 Å². The van der Waals surface area contributed by atoms with Gasteiger partial charge in [-0.1, -0.05) is 24.8 Å². The van der Waals surface area contributed by atoms with E-state index >= 15 is 0 Å². The van der Waals surface area contributed by atoms with Gasteiger partial charge in [-0.15, -0.1) is 0 Å². The molecule has 1 aromatic carbocycles. The van der Waals surface area contributed by atoms with Crippen LogP contribution in [0.1, 0.15) is 6.92 Å². The largest absolute Gasteiger partial charge is 0.487 e. The number of anilines is 1. The molecule has 1 rings (SSSR count). The molecule has 0 heterocycles. The molecule has 104 valence electrons. The Morgan fingerprint density at radius 3 is 2.90 bits per heavy atom. The quantitative estimate of drug-likeness (QED) is 0.357. The van der Waals surface area contributed by atoms with E-state index in [1.54, 1.807) is 31.2 Å². The molecule has 0 unspecified atom stereocenters. The van der Waals surface area contributed by atoms with E-state index in [9.17, 15) is 4.79 Å². The Morgan fingerprint density at radius 2 is 2.25 bits per heavy atom. The molecule has 0 fully saturated rings. The molecular formula is C15H16N2O3. The number of carbonyl (C=O) groups is 1. The molecule has 1 N–H and O–H groups in total. The molecule has 5 nitrogen and oxygen atoms in total. The van der Waals surface area contributed by atoms with Gasteiger partial charge in [0.2, 0.25) is 0 Å². The van der Waals surface area contributed by atoms with Crippen LogP contribution in [0.3, 0.4) is 0 Å². The first-order valence-corrected chi connectivity index (χ1v) is 6.09. The van der Waals surface area contributed by atoms with Crippen molar-refractivity contribution in [1.29, 1.82) is 5.26 Å². The zero-order valence-electron chi connectivity index (χ0n) is 11.3. The second-order valence-electron chi connectivity index (χ2n) is 3.63. The predicted molar refractivity (Wildman–Crippen MR) is 76.1 cm³/mol. The highest BCUT2D eigenvalue weighted by molar-refractivity contribution is 5.93. The van der Waals surface area contributed by atoms with Crippen LogP contribution in [0.15, 0.2) is 48.7 Å². The molecule has 0 aliphatic rings. The summed E-state index contributed by atoms with van der Waals surface area (Å²) < 4.78 is 10.2. The molecule has 0 radical (unpaired) electrons. The number of nitrogens with one attached hydrogen (secondary N) is 1. The second-order valence-corrected chi connectivity index (χ2v) is 3.63. The smallest absolute Gasteiger partial charge is 0.350 e. The number of carbonyl (C=O) groups excluding carboxylic acids is 1. The first kappa shape index (κ1) is 15.3. The molecule has 0 amide bonds. The lowest BCUT2D eigenvalue weighted by Gasteiger charge is -2.09. The van der Waals surface area contributed by atoms with E-state index in [1.807, 2.05) is 12.1 Å². The van der Waals surface area contributed by atoms with Crippen LogP contribution in [0.4, 0.5) is 5.69 Å². The molecular weight excluding hydrogens is 256 g/mol. The maximum atomic E-state index is 11.5. The molecule has 0 spiro atoms. The molecule has 5 heteroatoms. The summed E-state index contributed by atoms with van der Waals surface area (Å²) in [6.45, 7) is 5.84. The molecule has 0 bridgehead atoms. The van der Waals surface area contributed by atoms with Crippen molar-refractivity contribution in [2.45, 2.75) is 6.92 Å². The predicted octanol–water partition coefficient (Wildman–Crippen LogP) is 2.63. The van der Waals surface area contributed by atoms with Crippen molar-refractivity contribution in [3.63, 3.8) is 0 Å². The van der Waals surface area contributed by atoms with Gasteiger partial charge in [0, 0.05) is 6.20 Å². The maximum Gasteiger partial charge on any atom is 0.350 e. The van der Waals surface area contributed by atoms with Gasteiger partial charge in [-0.3, -0.25) is 0 Å². The zero-order valence-corrected chi connectivity index (χ0v) is 11.3. The lowest BCUT2D eigenvalue weighted by Crippen LogP contribution is -2.08. The van der Waals surface area contributed by atoms with Crippen LogP contribution in [0.25, 0.3) is 0 Å². The lowest BCUT2D eigenvalue weighted by molar-refractivity contribution is -0.138. The van der Waals surface area contributed by atoms with Crippen molar-refractivity contribution in [3.05, 3.63) is 48.7 Å². The average molecular weight is 272 g/mol. The Balaban J connectivity index is 2.84. The fraction of sp³-hybridized carbons (Fsp3) is 0.200. The van der Waals surface area contributed by atoms with Crippen LogP contribution >= 0.6 is 0 Å². The minimum Gasteiger partial charge on any atom is -0.487 e. The van der Waals surface area contributed by atoms with E-state index in [0.29, 0.717) is 18.0 Å². The van der Waals surface area contributed by atoms with Crippen LogP contribution in [0, 0.1) is 11.3 Å². The second kappa shape index (κ2) is 8.38. The normalized spacial score (nSPS) is 10.3. The summed E-state index contributed by atoms with van der Waals surface area (Å²) in [5, 5.41) is 11.8. The minimum absolute atomic E-state index is 0.106. The fourth-order valence-corrected chi connectivity index (χ4v) is 1.36. The summed E-state index contributed by atoms with van der Waals surface area (Å²) in [6.07, 6.45) is 2.93. The minimum atomic E-state index is -0.660. The SMILES string of the molecule is C=CCOc1ccccc1N/C=C(/C#N)C(=O)OCC. The summed E-state index contributed by atoms with van der Waals surface area (Å²) in [4.78, 5) is 11.5. The highest BCUT2D eigenvalue weighted by Crippen LogP contribution is 2.23. The highest BCUT2D eigenvalue weighted by atomic mass is 16.5. The van der Waals surface area contributed by atoms with E-state index in [0.717, 1.165) is 0 Å². The maximum absolute atomic E-state index is 11.5. The van der Waals surface area contributed by atoms with Crippen molar-refractivity contribution in [2.24, 2.45) is 0 Å². The van der Waals surface area contributed by atoms with Crippen molar-refractivity contribution in [3.8, 4) is 11.8 Å². The Morgan fingerprint density at radius 1 is 1.50 bits per heavy atom. The van der Waals surface area contributed by atoms with Crippen molar-refractivity contribution < 1.29 is 14.3 Å². The van der Waals surface area contributed by atoms with Gasteiger partial charge in [0.05, 0.1) is 12.3 Å². The van der Waals surface area contributed by atoms with Gasteiger partial charge < -0.3 is 14.8 Å². The van der Waals surface area contributed by atoms with Crippen molar-refractivity contribution in [1.82, 2.24) is 0 Å². The van der Waals surface area contributed by atoms with Crippen LogP contribution in [-0.2, 0) is 9.53 Å². The molecule has 0 saturated heterocycles. The van der Waals surface area contributed by atoms with Crippen LogP contribution < -0.4 is 10.1 Å². The van der Waals surface area contributed by atoms with Gasteiger partial charge in [0.1, 0.15) is 18.4 Å². The summed E-state index contributed by atoms with van der Waals surface area (Å²) in [5.41, 5.74) is 0.539. The van der Waals surface area contributed by atoms with E-state index in [-0.39, 0.29) is 12.2 Å². The molecule has 0 aliphatic carbocycles. The molecule has 0 atom stereocenters. The van der Waals surface area contributed by atoms with Gasteiger partial charge >= 0.3 is 5.97 Å². The molecule has 0 aromatic heterocycles. The standard InChI is InChI=1S/C15H16N2O3/c1-3-9-20-14-8-6-5-7-13(14)17-11-12(10-16)15(18)19-4-2/h3,5-8,11,17H,1,4,9H2,2H3/b12-11-. The van der Waals surface area contributed by atoms with E-state index in [1.165, 1.54) is 6.20 Å². The van der Waals surface area contributed by atoms with E-state index in [4.69, 9.17) is 14.7 Å². The summed E-state index contributed by atoms with van der Waals surface area (Å²) >= 11 is 0. The number of rotatable bonds is 7. The number of benzene rings is 1. The third-order valence-corrected chi connectivity index (χ3v) is 2.23. The highest BCUT2D eigenvalue weighted by Gasteiger charge is 2.09. The summed E-state index contributed by atoms with van der Waals surface area (Å²) in [5.74, 6) is -0.0585. The lowest BCUT2D eigenvalue weighted by atomic mass is 10.2. The fourth-order valence-electron chi connectivity index (χ4n) is 1.36. The van der Waals surface area contributed by atoms with Gasteiger partial charge in [0.25, 0.3) is 0 Å². The number of hydrogen-bond acceptors (Lipinski definition) is 5. The first-order valence-electron chi connectivity index (χ1n) is 6.09. The number of ether oxygens (including phenoxy) is 2. The Labute approximate surface area is 118 Å². The number of nitriles is 1. The Bertz CT molecular complexity index is 544. The summed E-state index contributed by atoms with van der Waals surface area (Å²) in [6, 6.07) is 8.97. The van der Waals surface area contributed by atoms with Crippen LogP contribution in [-0.4, -0.2) is 19.2 Å². The topological polar surface area (TPSA) is 71.3 Å². The summed E-state index contributed by atoms with van der Waals surface area (Å²) in [7, 11) is 0. The van der Waals surface area contributed by atoms with Gasteiger partial charge in [-0.2, -0.15) is 5.26 Å². The number of esters is 1.